The minimum atomic E-state index is -0.390. The number of hydrogen-bond acceptors (Lipinski definition) is 3. The first kappa shape index (κ1) is 16.3. The van der Waals surface area contributed by atoms with Crippen LogP contribution in [0, 0.1) is 10.4 Å². The van der Waals surface area contributed by atoms with Crippen molar-refractivity contribution in [3.05, 3.63) is 82.2 Å². The van der Waals surface area contributed by atoms with Crippen molar-refractivity contribution in [2.75, 3.05) is 0 Å². The van der Waals surface area contributed by atoms with E-state index in [1.807, 2.05) is 35.0 Å². The second-order valence-electron chi connectivity index (χ2n) is 5.19. The van der Waals surface area contributed by atoms with Gasteiger partial charge in [0.15, 0.2) is 0 Å². The zero-order chi connectivity index (χ0) is 16.1. The molecule has 1 heterocycles. The van der Waals surface area contributed by atoms with Gasteiger partial charge in [-0.1, -0.05) is 52.0 Å². The standard InChI is InChI=1S/C12H13BrN2OS.C6H4/c13-10-1-3-11(4-2-10)17-12(16)5-7-15-8-6-14-9-15;1-2-6-4-3-5(1)6/h1-4,6,8-9,12,16H,5,7H2;1-4H. The topological polar surface area (TPSA) is 38.0 Å². The lowest BCUT2D eigenvalue weighted by Crippen LogP contribution is -2.06. The summed E-state index contributed by atoms with van der Waals surface area (Å²) in [6.45, 7) is 0.782. The van der Waals surface area contributed by atoms with E-state index in [4.69, 9.17) is 0 Å². The molecule has 2 aliphatic carbocycles. The molecule has 1 aromatic carbocycles. The Morgan fingerprint density at radius 3 is 2.17 bits per heavy atom. The monoisotopic (exact) mass is 388 g/mol. The maximum absolute atomic E-state index is 9.89. The highest BCUT2D eigenvalue weighted by Gasteiger charge is 2.06. The fourth-order valence-corrected chi connectivity index (χ4v) is 3.17. The molecule has 0 aliphatic heterocycles. The van der Waals surface area contributed by atoms with Crippen molar-refractivity contribution in [3.63, 3.8) is 0 Å². The first-order valence-corrected chi connectivity index (χ1v) is 9.04. The third kappa shape index (κ3) is 4.70. The van der Waals surface area contributed by atoms with Crippen LogP contribution in [0.15, 0.2) is 76.6 Å². The van der Waals surface area contributed by atoms with Crippen molar-refractivity contribution < 1.29 is 5.11 Å². The number of aliphatic hydroxyl groups is 1. The zero-order valence-corrected chi connectivity index (χ0v) is 14.9. The second kappa shape index (κ2) is 7.81. The smallest absolute Gasteiger partial charge is 0.105 e. The molecule has 0 radical (unpaired) electrons. The van der Waals surface area contributed by atoms with Crippen LogP contribution in [-0.4, -0.2) is 20.1 Å². The molecule has 3 nitrogen and oxygen atoms in total. The van der Waals surface area contributed by atoms with Crippen LogP contribution in [0.5, 0.6) is 0 Å². The second-order valence-corrected chi connectivity index (χ2v) is 7.36. The predicted molar refractivity (Wildman–Crippen MR) is 97.0 cm³/mol. The van der Waals surface area contributed by atoms with Crippen LogP contribution in [0.25, 0.3) is 0 Å². The lowest BCUT2D eigenvalue weighted by Gasteiger charge is -2.10. The van der Waals surface area contributed by atoms with E-state index in [-0.39, 0.29) is 0 Å². The summed E-state index contributed by atoms with van der Waals surface area (Å²) in [6, 6.07) is 16.4. The molecule has 0 spiro atoms. The summed E-state index contributed by atoms with van der Waals surface area (Å²) in [5, 5.41) is 12.7. The van der Waals surface area contributed by atoms with E-state index >= 15 is 0 Å². The lowest BCUT2D eigenvalue weighted by atomic mass is 10.1. The number of nitrogens with zero attached hydrogens (tertiary/aromatic N) is 2. The predicted octanol–water partition coefficient (Wildman–Crippen LogP) is 4.43. The number of imidazole rings is 1. The van der Waals surface area contributed by atoms with E-state index < -0.39 is 5.44 Å². The van der Waals surface area contributed by atoms with Crippen molar-refractivity contribution in [1.29, 1.82) is 0 Å². The number of aromatic nitrogens is 2. The molecule has 0 saturated carbocycles. The third-order valence-corrected chi connectivity index (χ3v) is 5.08. The van der Waals surface area contributed by atoms with E-state index in [0.29, 0.717) is 6.42 Å². The number of benzene rings is 2. The molecule has 1 aromatic heterocycles. The van der Waals surface area contributed by atoms with Gasteiger partial charge in [0.1, 0.15) is 5.44 Å². The first-order chi connectivity index (χ1) is 11.2. The van der Waals surface area contributed by atoms with Gasteiger partial charge in [0.2, 0.25) is 0 Å². The quantitative estimate of drug-likeness (QED) is 0.405. The Bertz CT molecular complexity index is 784. The molecular formula is C18H17BrN2OS. The molecule has 1 N–H and O–H groups in total. The fourth-order valence-electron chi connectivity index (χ4n) is 2.07. The van der Waals surface area contributed by atoms with E-state index in [1.54, 1.807) is 12.5 Å². The van der Waals surface area contributed by atoms with Crippen LogP contribution >= 0.6 is 27.7 Å². The summed E-state index contributed by atoms with van der Waals surface area (Å²) in [5.74, 6) is 0. The molecule has 0 bridgehead atoms. The zero-order valence-electron chi connectivity index (χ0n) is 12.5. The number of aryl methyl sites for hydroxylation is 1. The molecule has 1 unspecified atom stereocenters. The first-order valence-electron chi connectivity index (χ1n) is 7.37. The van der Waals surface area contributed by atoms with Gasteiger partial charge in [-0.3, -0.25) is 0 Å². The minimum Gasteiger partial charge on any atom is -0.382 e. The van der Waals surface area contributed by atoms with Crippen molar-refractivity contribution >= 4 is 27.7 Å². The van der Waals surface area contributed by atoms with Gasteiger partial charge in [0, 0.05) is 34.7 Å². The molecule has 5 heteroatoms. The number of halogens is 1. The highest BCUT2D eigenvalue weighted by molar-refractivity contribution is 9.10. The average Bonchev–Trinajstić information content (AvgIpc) is 3.05. The number of aliphatic hydroxyl groups excluding tert-OH is 1. The Hall–Kier alpha value is -1.56. The van der Waals surface area contributed by atoms with Crippen molar-refractivity contribution in [3.8, 4) is 0 Å². The lowest BCUT2D eigenvalue weighted by molar-refractivity contribution is 0.245. The maximum Gasteiger partial charge on any atom is 0.105 e. The van der Waals surface area contributed by atoms with E-state index in [9.17, 15) is 5.11 Å². The Labute approximate surface area is 147 Å². The molecule has 0 fully saturated rings. The summed E-state index contributed by atoms with van der Waals surface area (Å²) in [5.41, 5.74) is -0.390. The molecule has 2 aliphatic rings. The van der Waals surface area contributed by atoms with Crippen LogP contribution in [-0.2, 0) is 6.54 Å². The molecule has 0 saturated heterocycles. The molecule has 23 heavy (non-hydrogen) atoms. The van der Waals surface area contributed by atoms with E-state index in [1.165, 1.54) is 22.2 Å². The molecule has 1 atom stereocenters. The van der Waals surface area contributed by atoms with E-state index in [0.717, 1.165) is 15.9 Å². The van der Waals surface area contributed by atoms with Gasteiger partial charge in [-0.05, 0) is 34.7 Å². The fraction of sp³-hybridized carbons (Fsp3) is 0.167. The highest BCUT2D eigenvalue weighted by Crippen LogP contribution is 2.25. The molecule has 0 amide bonds. The summed E-state index contributed by atoms with van der Waals surface area (Å²) in [7, 11) is 0. The summed E-state index contributed by atoms with van der Waals surface area (Å²) < 4.78 is 3.01. The highest BCUT2D eigenvalue weighted by atomic mass is 79.9. The van der Waals surface area contributed by atoms with Crippen LogP contribution in [0.2, 0.25) is 0 Å². The Kier molecular flexibility index (Phi) is 5.54. The SMILES string of the molecule is OC(CCn1ccnc1)Sc1ccc(Br)cc1.c1cc2ccc1=2. The number of thioether (sulfide) groups is 1. The van der Waals surface area contributed by atoms with Crippen molar-refractivity contribution in [2.24, 2.45) is 0 Å². The summed E-state index contributed by atoms with van der Waals surface area (Å²) >= 11 is 4.86. The van der Waals surface area contributed by atoms with Crippen molar-refractivity contribution in [2.45, 2.75) is 23.3 Å². The molecule has 2 aromatic rings. The van der Waals surface area contributed by atoms with Crippen LogP contribution in [0.4, 0.5) is 0 Å². The molecular weight excluding hydrogens is 372 g/mol. The van der Waals surface area contributed by atoms with Gasteiger partial charge in [-0.25, -0.2) is 4.98 Å². The molecule has 4 rings (SSSR count). The normalized spacial score (nSPS) is 12.3. The maximum atomic E-state index is 9.89. The Morgan fingerprint density at radius 1 is 1.04 bits per heavy atom. The van der Waals surface area contributed by atoms with Gasteiger partial charge < -0.3 is 9.67 Å². The molecule has 118 valence electrons. The van der Waals surface area contributed by atoms with Gasteiger partial charge in [-0.15, -0.1) is 0 Å². The minimum absolute atomic E-state index is 0.390. The van der Waals surface area contributed by atoms with Gasteiger partial charge in [0.05, 0.1) is 6.33 Å². The Morgan fingerprint density at radius 2 is 1.70 bits per heavy atom. The summed E-state index contributed by atoms with van der Waals surface area (Å²) in [4.78, 5) is 5.04. The third-order valence-electron chi connectivity index (χ3n) is 3.50. The van der Waals surface area contributed by atoms with Crippen LogP contribution in [0.3, 0.4) is 0 Å². The van der Waals surface area contributed by atoms with Crippen LogP contribution < -0.4 is 0 Å². The largest absolute Gasteiger partial charge is 0.382 e. The average molecular weight is 389 g/mol. The number of hydrogen-bond donors (Lipinski definition) is 1. The van der Waals surface area contributed by atoms with E-state index in [2.05, 4.69) is 45.2 Å². The number of rotatable bonds is 5. The van der Waals surface area contributed by atoms with Gasteiger partial charge in [-0.2, -0.15) is 0 Å². The van der Waals surface area contributed by atoms with Crippen molar-refractivity contribution in [1.82, 2.24) is 9.55 Å². The summed E-state index contributed by atoms with van der Waals surface area (Å²) in [6.07, 6.45) is 6.11. The van der Waals surface area contributed by atoms with Gasteiger partial charge in [0.25, 0.3) is 0 Å². The Balaban J connectivity index is 0.000000213. The van der Waals surface area contributed by atoms with Gasteiger partial charge >= 0.3 is 0 Å². The van der Waals surface area contributed by atoms with Crippen LogP contribution in [0.1, 0.15) is 6.42 Å².